The second-order valence-corrected chi connectivity index (χ2v) is 11.8. The molecule has 1 N–H and O–H groups in total. The van der Waals surface area contributed by atoms with Crippen LogP contribution < -0.4 is 5.32 Å². The highest BCUT2D eigenvalue weighted by atomic mass is 32.2. The number of amides is 1. The maximum Gasteiger partial charge on any atom is 0.322 e. The summed E-state index contributed by atoms with van der Waals surface area (Å²) in [7, 11) is -7.22. The lowest BCUT2D eigenvalue weighted by Crippen LogP contribution is -2.43. The second kappa shape index (κ2) is 9.24. The number of nitrogens with zero attached hydrogens (tertiary/aromatic N) is 3. The van der Waals surface area contributed by atoms with Crippen molar-refractivity contribution in [1.82, 2.24) is 14.5 Å². The van der Waals surface area contributed by atoms with E-state index in [1.165, 1.54) is 40.7 Å². The van der Waals surface area contributed by atoms with Gasteiger partial charge in [0.15, 0.2) is 9.84 Å². The average molecular weight is 509 g/mol. The maximum atomic E-state index is 13.2. The van der Waals surface area contributed by atoms with Crippen molar-refractivity contribution in [3.8, 4) is 11.5 Å². The standard InChI is InChI=1S/C21H21FN4O6S2/c1-33(28,29)17-8-4-14(5-9-17)20-24-25-21(32-20)23-19(27)15-3-2-12-26(13-15)34(30,31)18-10-6-16(22)7-11-18/h4-11,15H,2-3,12-13H2,1H3,(H,23,25,27). The molecule has 4 rings (SSSR count). The molecule has 1 fully saturated rings. The molecular formula is C21H21FN4O6S2. The highest BCUT2D eigenvalue weighted by Crippen LogP contribution is 2.26. The maximum absolute atomic E-state index is 13.2. The first-order chi connectivity index (χ1) is 16.0. The van der Waals surface area contributed by atoms with Gasteiger partial charge in [0, 0.05) is 24.9 Å². The largest absolute Gasteiger partial charge is 0.403 e. The van der Waals surface area contributed by atoms with E-state index in [2.05, 4.69) is 15.5 Å². The van der Waals surface area contributed by atoms with Crippen LogP contribution in [0.5, 0.6) is 0 Å². The van der Waals surface area contributed by atoms with Gasteiger partial charge in [0.2, 0.25) is 21.8 Å². The average Bonchev–Trinajstić information content (AvgIpc) is 3.27. The monoisotopic (exact) mass is 508 g/mol. The van der Waals surface area contributed by atoms with Crippen LogP contribution in [-0.4, -0.2) is 56.6 Å². The molecule has 2 heterocycles. The Hall–Kier alpha value is -3.16. The lowest BCUT2D eigenvalue weighted by Gasteiger charge is -2.30. The minimum absolute atomic E-state index is 0.0422. The van der Waals surface area contributed by atoms with Crippen LogP contribution in [0, 0.1) is 11.7 Å². The van der Waals surface area contributed by atoms with Gasteiger partial charge in [-0.1, -0.05) is 5.10 Å². The third-order valence-corrected chi connectivity index (χ3v) is 8.40. The van der Waals surface area contributed by atoms with Crippen molar-refractivity contribution >= 4 is 31.8 Å². The number of carbonyl (C=O) groups is 1. The van der Waals surface area contributed by atoms with E-state index in [4.69, 9.17) is 4.42 Å². The number of piperidine rings is 1. The summed E-state index contributed by atoms with van der Waals surface area (Å²) in [6, 6.07) is 10.2. The van der Waals surface area contributed by atoms with E-state index in [1.807, 2.05) is 0 Å². The Morgan fingerprint density at radius 1 is 1.03 bits per heavy atom. The Balaban J connectivity index is 1.43. The van der Waals surface area contributed by atoms with Crippen molar-refractivity contribution in [2.24, 2.45) is 5.92 Å². The number of rotatable bonds is 6. The molecule has 1 amide bonds. The summed E-state index contributed by atoms with van der Waals surface area (Å²) in [6.07, 6.45) is 2.04. The van der Waals surface area contributed by atoms with Crippen molar-refractivity contribution in [2.45, 2.75) is 22.6 Å². The van der Waals surface area contributed by atoms with Crippen LogP contribution in [0.3, 0.4) is 0 Å². The number of carbonyl (C=O) groups excluding carboxylic acids is 1. The van der Waals surface area contributed by atoms with Crippen molar-refractivity contribution in [3.63, 3.8) is 0 Å². The molecule has 1 aliphatic rings. The molecule has 1 atom stereocenters. The molecule has 1 aromatic heterocycles. The van der Waals surface area contributed by atoms with E-state index >= 15 is 0 Å². The molecule has 0 bridgehead atoms. The van der Waals surface area contributed by atoms with Gasteiger partial charge in [0.05, 0.1) is 15.7 Å². The molecule has 13 heteroatoms. The zero-order chi connectivity index (χ0) is 24.5. The lowest BCUT2D eigenvalue weighted by molar-refractivity contribution is -0.121. The van der Waals surface area contributed by atoms with Gasteiger partial charge in [-0.15, -0.1) is 5.10 Å². The Bertz CT molecular complexity index is 1400. The van der Waals surface area contributed by atoms with Gasteiger partial charge < -0.3 is 4.42 Å². The van der Waals surface area contributed by atoms with Crippen LogP contribution in [0.4, 0.5) is 10.4 Å². The fourth-order valence-corrected chi connectivity index (χ4v) is 5.73. The fourth-order valence-electron chi connectivity index (χ4n) is 3.57. The van der Waals surface area contributed by atoms with Gasteiger partial charge in [-0.2, -0.15) is 4.31 Å². The molecule has 34 heavy (non-hydrogen) atoms. The zero-order valence-corrected chi connectivity index (χ0v) is 19.6. The van der Waals surface area contributed by atoms with Crippen molar-refractivity contribution < 1.29 is 30.4 Å². The van der Waals surface area contributed by atoms with Gasteiger partial charge in [0.1, 0.15) is 5.82 Å². The SMILES string of the molecule is CS(=O)(=O)c1ccc(-c2nnc(NC(=O)C3CCCN(S(=O)(=O)c4ccc(F)cc4)C3)o2)cc1. The molecule has 0 spiro atoms. The molecule has 3 aromatic rings. The van der Waals surface area contributed by atoms with Crippen molar-refractivity contribution in [3.05, 3.63) is 54.3 Å². The number of hydrogen-bond donors (Lipinski definition) is 1. The summed E-state index contributed by atoms with van der Waals surface area (Å²) in [5.41, 5.74) is 0.467. The Morgan fingerprint density at radius 2 is 1.68 bits per heavy atom. The molecule has 0 saturated carbocycles. The smallest absolute Gasteiger partial charge is 0.322 e. The van der Waals surface area contributed by atoms with Gasteiger partial charge >= 0.3 is 6.01 Å². The molecule has 1 saturated heterocycles. The second-order valence-electron chi connectivity index (χ2n) is 7.85. The summed E-state index contributed by atoms with van der Waals surface area (Å²) in [5.74, 6) is -1.57. The number of nitrogens with one attached hydrogen (secondary N) is 1. The molecule has 0 radical (unpaired) electrons. The number of halogens is 1. The Kier molecular flexibility index (Phi) is 6.51. The summed E-state index contributed by atoms with van der Waals surface area (Å²) >= 11 is 0. The van der Waals surface area contributed by atoms with Crippen molar-refractivity contribution in [1.29, 1.82) is 0 Å². The quantitative estimate of drug-likeness (QED) is 0.535. The summed E-state index contributed by atoms with van der Waals surface area (Å²) in [4.78, 5) is 12.8. The van der Waals surface area contributed by atoms with Crippen LogP contribution in [0.15, 0.2) is 62.7 Å². The van der Waals surface area contributed by atoms with E-state index in [-0.39, 0.29) is 34.8 Å². The minimum atomic E-state index is -3.87. The molecule has 1 aliphatic heterocycles. The van der Waals surface area contributed by atoms with Crippen LogP contribution in [0.2, 0.25) is 0 Å². The van der Waals surface area contributed by atoms with Crippen LogP contribution in [-0.2, 0) is 24.7 Å². The van der Waals surface area contributed by atoms with E-state index in [0.29, 0.717) is 18.4 Å². The van der Waals surface area contributed by atoms with E-state index in [1.54, 1.807) is 0 Å². The number of aromatic nitrogens is 2. The highest BCUT2D eigenvalue weighted by Gasteiger charge is 2.34. The normalized spacial score (nSPS) is 17.4. The molecule has 1 unspecified atom stereocenters. The Labute approximate surface area is 195 Å². The third kappa shape index (κ3) is 5.16. The first kappa shape index (κ1) is 24.0. The lowest BCUT2D eigenvalue weighted by atomic mass is 9.99. The number of hydrogen-bond acceptors (Lipinski definition) is 8. The molecule has 2 aromatic carbocycles. The van der Waals surface area contributed by atoms with Crippen LogP contribution in [0.25, 0.3) is 11.5 Å². The van der Waals surface area contributed by atoms with Gasteiger partial charge in [-0.25, -0.2) is 21.2 Å². The summed E-state index contributed by atoms with van der Waals surface area (Å²) < 4.78 is 68.7. The van der Waals surface area contributed by atoms with Gasteiger partial charge in [0.25, 0.3) is 0 Å². The molecule has 10 nitrogen and oxygen atoms in total. The number of anilines is 1. The zero-order valence-electron chi connectivity index (χ0n) is 18.0. The van der Waals surface area contributed by atoms with Crippen LogP contribution >= 0.6 is 0 Å². The Morgan fingerprint density at radius 3 is 2.32 bits per heavy atom. The topological polar surface area (TPSA) is 140 Å². The number of sulfone groups is 1. The number of sulfonamides is 1. The molecule has 180 valence electrons. The van der Waals surface area contributed by atoms with Crippen LogP contribution in [0.1, 0.15) is 12.8 Å². The fraction of sp³-hybridized carbons (Fsp3) is 0.286. The molecular weight excluding hydrogens is 487 g/mol. The first-order valence-electron chi connectivity index (χ1n) is 10.2. The highest BCUT2D eigenvalue weighted by molar-refractivity contribution is 7.90. The van der Waals surface area contributed by atoms with E-state index in [0.717, 1.165) is 18.4 Å². The van der Waals surface area contributed by atoms with E-state index in [9.17, 15) is 26.0 Å². The van der Waals surface area contributed by atoms with Gasteiger partial charge in [-0.05, 0) is 61.4 Å². The third-order valence-electron chi connectivity index (χ3n) is 5.39. The summed E-state index contributed by atoms with van der Waals surface area (Å²) in [5, 5.41) is 10.2. The first-order valence-corrected chi connectivity index (χ1v) is 13.6. The van der Waals surface area contributed by atoms with Crippen molar-refractivity contribution in [2.75, 3.05) is 24.7 Å². The predicted octanol–water partition coefficient (Wildman–Crippen LogP) is 2.32. The van der Waals surface area contributed by atoms with E-state index < -0.39 is 37.5 Å². The summed E-state index contributed by atoms with van der Waals surface area (Å²) in [6.45, 7) is 0.206. The predicted molar refractivity (Wildman–Crippen MR) is 119 cm³/mol. The van der Waals surface area contributed by atoms with Gasteiger partial charge in [-0.3, -0.25) is 10.1 Å². The minimum Gasteiger partial charge on any atom is -0.403 e. The number of benzene rings is 2. The molecule has 0 aliphatic carbocycles.